The molecule has 0 fully saturated rings. The third-order valence-electron chi connectivity index (χ3n) is 3.99. The molecule has 0 saturated carbocycles. The molecule has 1 aromatic carbocycles. The summed E-state index contributed by atoms with van der Waals surface area (Å²) in [5.41, 5.74) is 2.82. The van der Waals surface area contributed by atoms with Crippen molar-refractivity contribution in [2.75, 3.05) is 19.0 Å². The molecule has 1 unspecified atom stereocenters. The highest BCUT2D eigenvalue weighted by molar-refractivity contribution is 5.49. The molecule has 0 saturated heterocycles. The van der Waals surface area contributed by atoms with Crippen LogP contribution in [0, 0.1) is 0 Å². The molecule has 2 heteroatoms. The van der Waals surface area contributed by atoms with Crippen molar-refractivity contribution in [3.63, 3.8) is 0 Å². The van der Waals surface area contributed by atoms with Gasteiger partial charge in [-0.15, -0.1) is 0 Å². The molecule has 1 N–H and O–H groups in total. The highest BCUT2D eigenvalue weighted by Gasteiger charge is 2.21. The molecule has 1 rings (SSSR count). The summed E-state index contributed by atoms with van der Waals surface area (Å²) < 4.78 is 0. The van der Waals surface area contributed by atoms with E-state index in [9.17, 15) is 0 Å². The topological polar surface area (TPSA) is 15.3 Å². The lowest BCUT2D eigenvalue weighted by molar-refractivity contribution is 0.471. The molecule has 0 aliphatic rings. The molecule has 17 heavy (non-hydrogen) atoms. The van der Waals surface area contributed by atoms with Crippen molar-refractivity contribution in [2.24, 2.45) is 0 Å². The van der Waals surface area contributed by atoms with E-state index >= 15 is 0 Å². The van der Waals surface area contributed by atoms with Crippen LogP contribution in [0.2, 0.25) is 0 Å². The Bertz CT molecular complexity index is 340. The van der Waals surface area contributed by atoms with Gasteiger partial charge in [0.2, 0.25) is 0 Å². The number of hydrogen-bond donors (Lipinski definition) is 1. The van der Waals surface area contributed by atoms with Crippen molar-refractivity contribution in [1.82, 2.24) is 5.32 Å². The van der Waals surface area contributed by atoms with Gasteiger partial charge < -0.3 is 10.2 Å². The van der Waals surface area contributed by atoms with E-state index in [2.05, 4.69) is 69.2 Å². The highest BCUT2D eigenvalue weighted by Crippen LogP contribution is 2.25. The molecule has 0 aliphatic carbocycles. The molecule has 96 valence electrons. The second kappa shape index (κ2) is 5.54. The Morgan fingerprint density at radius 3 is 2.18 bits per heavy atom. The Labute approximate surface area is 106 Å². The van der Waals surface area contributed by atoms with E-state index in [1.54, 1.807) is 0 Å². The zero-order valence-corrected chi connectivity index (χ0v) is 12.0. The molecule has 0 radical (unpaired) electrons. The van der Waals surface area contributed by atoms with Crippen LogP contribution >= 0.6 is 0 Å². The summed E-state index contributed by atoms with van der Waals surface area (Å²) in [4.78, 5) is 2.35. The van der Waals surface area contributed by atoms with Crippen molar-refractivity contribution in [3.05, 3.63) is 29.8 Å². The summed E-state index contributed by atoms with van der Waals surface area (Å²) in [5.74, 6) is 0. The summed E-state index contributed by atoms with van der Waals surface area (Å²) >= 11 is 0. The van der Waals surface area contributed by atoms with Gasteiger partial charge in [-0.05, 0) is 51.9 Å². The summed E-state index contributed by atoms with van der Waals surface area (Å²) in [6.45, 7) is 8.96. The lowest BCUT2D eigenvalue weighted by Gasteiger charge is -2.37. The van der Waals surface area contributed by atoms with Crippen molar-refractivity contribution < 1.29 is 0 Å². The van der Waals surface area contributed by atoms with E-state index in [4.69, 9.17) is 0 Å². The van der Waals surface area contributed by atoms with Gasteiger partial charge in [-0.1, -0.05) is 19.1 Å². The fourth-order valence-corrected chi connectivity index (χ4v) is 1.74. The molecule has 0 aromatic heterocycles. The van der Waals surface area contributed by atoms with Crippen LogP contribution in [0.3, 0.4) is 0 Å². The molecule has 0 heterocycles. The van der Waals surface area contributed by atoms with Crippen LogP contribution in [0.5, 0.6) is 0 Å². The normalized spacial score (nSPS) is 13.5. The molecule has 1 aromatic rings. The van der Waals surface area contributed by atoms with Crippen LogP contribution in [0.25, 0.3) is 0 Å². The zero-order chi connectivity index (χ0) is 13.1. The Morgan fingerprint density at radius 2 is 1.76 bits per heavy atom. The third-order valence-corrected chi connectivity index (χ3v) is 3.99. The summed E-state index contributed by atoms with van der Waals surface area (Å²) in [6, 6.07) is 9.24. The van der Waals surface area contributed by atoms with E-state index in [0.717, 1.165) is 6.42 Å². The van der Waals surface area contributed by atoms with Gasteiger partial charge in [0.25, 0.3) is 0 Å². The first kappa shape index (κ1) is 14.0. The Balaban J connectivity index is 2.88. The summed E-state index contributed by atoms with van der Waals surface area (Å²) in [7, 11) is 4.16. The fraction of sp³-hybridized carbons (Fsp3) is 0.600. The quantitative estimate of drug-likeness (QED) is 0.837. The molecule has 0 aliphatic heterocycles. The van der Waals surface area contributed by atoms with Gasteiger partial charge in [-0.25, -0.2) is 0 Å². The van der Waals surface area contributed by atoms with Crippen molar-refractivity contribution in [2.45, 2.75) is 45.7 Å². The zero-order valence-electron chi connectivity index (χ0n) is 12.0. The largest absolute Gasteiger partial charge is 0.369 e. The molecule has 0 bridgehead atoms. The first-order valence-electron chi connectivity index (χ1n) is 6.43. The first-order chi connectivity index (χ1) is 7.92. The summed E-state index contributed by atoms with van der Waals surface area (Å²) in [5, 5.41) is 3.26. The Hall–Kier alpha value is -1.02. The molecule has 0 spiro atoms. The Kier molecular flexibility index (Phi) is 4.58. The third kappa shape index (κ3) is 3.22. The van der Waals surface area contributed by atoms with E-state index in [0.29, 0.717) is 6.04 Å². The van der Waals surface area contributed by atoms with E-state index in [-0.39, 0.29) is 5.54 Å². The number of hydrogen-bond acceptors (Lipinski definition) is 2. The predicted octanol–water partition coefficient (Wildman–Crippen LogP) is 3.59. The van der Waals surface area contributed by atoms with Crippen molar-refractivity contribution in [3.8, 4) is 0 Å². The van der Waals surface area contributed by atoms with Gasteiger partial charge in [0, 0.05) is 24.3 Å². The van der Waals surface area contributed by atoms with Gasteiger partial charge in [0.15, 0.2) is 0 Å². The average Bonchev–Trinajstić information content (AvgIpc) is 2.37. The average molecular weight is 234 g/mol. The van der Waals surface area contributed by atoms with Crippen molar-refractivity contribution >= 4 is 5.69 Å². The van der Waals surface area contributed by atoms with Gasteiger partial charge in [0.1, 0.15) is 0 Å². The molecular formula is C15H26N2. The second-order valence-corrected chi connectivity index (χ2v) is 5.33. The van der Waals surface area contributed by atoms with Crippen LogP contribution in [0.1, 0.15) is 45.7 Å². The van der Waals surface area contributed by atoms with E-state index < -0.39 is 0 Å². The van der Waals surface area contributed by atoms with Crippen LogP contribution in [0.4, 0.5) is 5.69 Å². The smallest absolute Gasteiger partial charge is 0.0368 e. The van der Waals surface area contributed by atoms with Gasteiger partial charge in [0.05, 0.1) is 0 Å². The van der Waals surface area contributed by atoms with Crippen LogP contribution in [-0.4, -0.2) is 19.6 Å². The number of anilines is 1. The first-order valence-corrected chi connectivity index (χ1v) is 6.43. The molecule has 0 amide bonds. The van der Waals surface area contributed by atoms with E-state index in [1.165, 1.54) is 11.3 Å². The predicted molar refractivity (Wildman–Crippen MR) is 76.7 cm³/mol. The monoisotopic (exact) mass is 234 g/mol. The maximum atomic E-state index is 3.26. The minimum atomic E-state index is 0.205. The maximum absolute atomic E-state index is 3.26. The van der Waals surface area contributed by atoms with Gasteiger partial charge in [-0.2, -0.15) is 0 Å². The number of benzene rings is 1. The molecule has 1 atom stereocenters. The van der Waals surface area contributed by atoms with Crippen LogP contribution in [0.15, 0.2) is 24.3 Å². The van der Waals surface area contributed by atoms with Crippen LogP contribution < -0.4 is 10.2 Å². The standard InChI is InChI=1S/C15H26N2/c1-7-15(3,4)17(6)14-10-8-13(9-11-14)12(2)16-5/h8-12,16H,7H2,1-6H3. The van der Waals surface area contributed by atoms with Gasteiger partial charge in [-0.3, -0.25) is 0 Å². The molecule has 2 nitrogen and oxygen atoms in total. The number of nitrogens with zero attached hydrogens (tertiary/aromatic N) is 1. The Morgan fingerprint density at radius 1 is 1.24 bits per heavy atom. The van der Waals surface area contributed by atoms with Crippen LogP contribution in [-0.2, 0) is 0 Å². The summed E-state index contributed by atoms with van der Waals surface area (Å²) in [6.07, 6.45) is 1.14. The second-order valence-electron chi connectivity index (χ2n) is 5.33. The van der Waals surface area contributed by atoms with Crippen molar-refractivity contribution in [1.29, 1.82) is 0 Å². The fourth-order valence-electron chi connectivity index (χ4n) is 1.74. The maximum Gasteiger partial charge on any atom is 0.0368 e. The minimum absolute atomic E-state index is 0.205. The minimum Gasteiger partial charge on any atom is -0.369 e. The highest BCUT2D eigenvalue weighted by atomic mass is 15.2. The SMILES string of the molecule is CCC(C)(C)N(C)c1ccc(C(C)NC)cc1. The van der Waals surface area contributed by atoms with Gasteiger partial charge >= 0.3 is 0 Å². The molecular weight excluding hydrogens is 208 g/mol. The number of rotatable bonds is 5. The number of nitrogens with one attached hydrogen (secondary N) is 1. The lowest BCUT2D eigenvalue weighted by Crippen LogP contribution is -2.40. The van der Waals surface area contributed by atoms with E-state index in [1.807, 2.05) is 7.05 Å². The lowest BCUT2D eigenvalue weighted by atomic mass is 9.98.